The smallest absolute Gasteiger partial charge is 0.422 e. The SMILES string of the molecule is COCCc1ccc(CCc2ccc3c(F)c(CCc4ccc(OCC(F)(F)F)c(F)c4)ccc3c2)c(F)c1. The zero-order valence-electron chi connectivity index (χ0n) is 21.4. The highest BCUT2D eigenvalue weighted by Gasteiger charge is 2.29. The van der Waals surface area contributed by atoms with Crippen LogP contribution in [0.3, 0.4) is 0 Å². The van der Waals surface area contributed by atoms with Gasteiger partial charge < -0.3 is 9.47 Å². The van der Waals surface area contributed by atoms with E-state index in [1.165, 1.54) is 12.1 Å². The molecule has 8 heteroatoms. The van der Waals surface area contributed by atoms with E-state index in [0.29, 0.717) is 54.4 Å². The monoisotopic (exact) mass is 546 g/mol. The van der Waals surface area contributed by atoms with Gasteiger partial charge in [0.15, 0.2) is 18.2 Å². The van der Waals surface area contributed by atoms with Crippen molar-refractivity contribution in [2.75, 3.05) is 20.3 Å². The molecule has 0 saturated carbocycles. The first-order valence-electron chi connectivity index (χ1n) is 12.6. The number of aryl methyl sites for hydroxylation is 4. The van der Waals surface area contributed by atoms with Crippen molar-refractivity contribution in [1.29, 1.82) is 0 Å². The van der Waals surface area contributed by atoms with Crippen LogP contribution in [0.4, 0.5) is 26.3 Å². The second-order valence-electron chi connectivity index (χ2n) is 9.43. The molecule has 206 valence electrons. The molecule has 0 aliphatic rings. The van der Waals surface area contributed by atoms with Crippen molar-refractivity contribution in [3.05, 3.63) is 112 Å². The molecule has 0 heterocycles. The summed E-state index contributed by atoms with van der Waals surface area (Å²) in [7, 11) is 1.61. The Bertz CT molecular complexity index is 1430. The van der Waals surface area contributed by atoms with E-state index in [1.54, 1.807) is 25.3 Å². The van der Waals surface area contributed by atoms with Gasteiger partial charge in [0.25, 0.3) is 0 Å². The maximum Gasteiger partial charge on any atom is 0.422 e. The Morgan fingerprint density at radius 2 is 1.26 bits per heavy atom. The summed E-state index contributed by atoms with van der Waals surface area (Å²) >= 11 is 0. The van der Waals surface area contributed by atoms with Gasteiger partial charge in [-0.2, -0.15) is 13.2 Å². The number of hydrogen-bond donors (Lipinski definition) is 0. The van der Waals surface area contributed by atoms with E-state index in [2.05, 4.69) is 4.74 Å². The highest BCUT2D eigenvalue weighted by Crippen LogP contribution is 2.26. The van der Waals surface area contributed by atoms with Crippen LogP contribution in [0.15, 0.2) is 66.7 Å². The molecule has 0 saturated heterocycles. The van der Waals surface area contributed by atoms with E-state index < -0.39 is 24.3 Å². The van der Waals surface area contributed by atoms with Gasteiger partial charge >= 0.3 is 6.18 Å². The minimum Gasteiger partial charge on any atom is -0.481 e. The molecular weight excluding hydrogens is 518 g/mol. The molecule has 4 aromatic rings. The molecule has 4 rings (SSSR count). The first-order chi connectivity index (χ1) is 18.6. The Kier molecular flexibility index (Phi) is 9.17. The van der Waals surface area contributed by atoms with Gasteiger partial charge in [-0.05, 0) is 83.5 Å². The number of hydrogen-bond acceptors (Lipinski definition) is 2. The molecule has 0 N–H and O–H groups in total. The summed E-state index contributed by atoms with van der Waals surface area (Å²) in [4.78, 5) is 0. The standard InChI is InChI=1S/C31H28F6O2/c1-38-15-14-22-3-8-23(27(32)17-22)7-2-20-5-12-26-25(16-20)11-10-24(30(26)34)9-4-21-6-13-29(28(33)18-21)39-19-31(35,36)37/h3,5-6,8,10-13,16-18H,2,4,7,9,14-15,19H2,1H3. The van der Waals surface area contributed by atoms with E-state index in [4.69, 9.17) is 4.74 Å². The van der Waals surface area contributed by atoms with E-state index in [0.717, 1.165) is 28.6 Å². The fourth-order valence-corrected chi connectivity index (χ4v) is 4.44. The third-order valence-electron chi connectivity index (χ3n) is 6.56. The predicted molar refractivity (Wildman–Crippen MR) is 139 cm³/mol. The minimum absolute atomic E-state index is 0.247. The van der Waals surface area contributed by atoms with E-state index in [1.807, 2.05) is 24.3 Å². The normalized spacial score (nSPS) is 11.8. The van der Waals surface area contributed by atoms with Crippen LogP contribution in [-0.4, -0.2) is 26.5 Å². The van der Waals surface area contributed by atoms with Crippen molar-refractivity contribution in [3.63, 3.8) is 0 Å². The van der Waals surface area contributed by atoms with Crippen molar-refractivity contribution >= 4 is 10.8 Å². The number of methoxy groups -OCH3 is 1. The number of benzene rings is 4. The summed E-state index contributed by atoms with van der Waals surface area (Å²) in [5.41, 5.74) is 3.42. The average Bonchev–Trinajstić information content (AvgIpc) is 2.90. The Hall–Kier alpha value is -3.52. The summed E-state index contributed by atoms with van der Waals surface area (Å²) in [5.74, 6) is -2.00. The second-order valence-corrected chi connectivity index (χ2v) is 9.43. The van der Waals surface area contributed by atoms with Crippen LogP contribution in [0.25, 0.3) is 10.8 Å². The van der Waals surface area contributed by atoms with Crippen LogP contribution in [0.2, 0.25) is 0 Å². The molecule has 0 radical (unpaired) electrons. The largest absolute Gasteiger partial charge is 0.481 e. The minimum atomic E-state index is -4.56. The molecule has 0 fully saturated rings. The molecule has 0 aromatic heterocycles. The van der Waals surface area contributed by atoms with Crippen molar-refractivity contribution in [2.45, 2.75) is 38.3 Å². The van der Waals surface area contributed by atoms with Gasteiger partial charge in [0.2, 0.25) is 0 Å². The Morgan fingerprint density at radius 3 is 1.95 bits per heavy atom. The second kappa shape index (κ2) is 12.6. The molecule has 0 unspecified atom stereocenters. The van der Waals surface area contributed by atoms with Crippen LogP contribution < -0.4 is 4.74 Å². The van der Waals surface area contributed by atoms with Crippen LogP contribution in [0.1, 0.15) is 27.8 Å². The molecule has 39 heavy (non-hydrogen) atoms. The number of halogens is 6. The van der Waals surface area contributed by atoms with Crippen LogP contribution in [0, 0.1) is 17.5 Å². The highest BCUT2D eigenvalue weighted by molar-refractivity contribution is 5.84. The van der Waals surface area contributed by atoms with Gasteiger partial charge in [-0.1, -0.05) is 48.5 Å². The number of alkyl halides is 3. The lowest BCUT2D eigenvalue weighted by Crippen LogP contribution is -2.19. The summed E-state index contributed by atoms with van der Waals surface area (Å²) in [6.07, 6.45) is -2.22. The maximum absolute atomic E-state index is 15.2. The van der Waals surface area contributed by atoms with E-state index >= 15 is 4.39 Å². The topological polar surface area (TPSA) is 18.5 Å². The van der Waals surface area contributed by atoms with E-state index in [9.17, 15) is 22.0 Å². The third kappa shape index (κ3) is 7.76. The third-order valence-corrected chi connectivity index (χ3v) is 6.56. The molecule has 0 bridgehead atoms. The summed E-state index contributed by atoms with van der Waals surface area (Å²) in [6.45, 7) is -1.05. The lowest BCUT2D eigenvalue weighted by Gasteiger charge is -2.11. The highest BCUT2D eigenvalue weighted by atomic mass is 19.4. The van der Waals surface area contributed by atoms with Gasteiger partial charge in [-0.25, -0.2) is 13.2 Å². The average molecular weight is 547 g/mol. The zero-order valence-corrected chi connectivity index (χ0v) is 21.4. The molecule has 0 atom stereocenters. The van der Waals surface area contributed by atoms with Crippen LogP contribution >= 0.6 is 0 Å². The van der Waals surface area contributed by atoms with Crippen molar-refractivity contribution in [3.8, 4) is 5.75 Å². The number of rotatable bonds is 11. The quantitative estimate of drug-likeness (QED) is 0.178. The first-order valence-corrected chi connectivity index (χ1v) is 12.6. The fraction of sp³-hybridized carbons (Fsp3) is 0.290. The Balaban J connectivity index is 1.38. The van der Waals surface area contributed by atoms with Gasteiger partial charge in [-0.3, -0.25) is 0 Å². The Labute approximate surface area is 223 Å². The molecule has 0 spiro atoms. The lowest BCUT2D eigenvalue weighted by molar-refractivity contribution is -0.153. The first kappa shape index (κ1) is 28.5. The van der Waals surface area contributed by atoms with Crippen molar-refractivity contribution in [1.82, 2.24) is 0 Å². The Morgan fingerprint density at radius 1 is 0.641 bits per heavy atom. The van der Waals surface area contributed by atoms with Gasteiger partial charge in [-0.15, -0.1) is 0 Å². The summed E-state index contributed by atoms with van der Waals surface area (Å²) in [6, 6.07) is 17.9. The van der Waals surface area contributed by atoms with Crippen LogP contribution in [0.5, 0.6) is 5.75 Å². The van der Waals surface area contributed by atoms with Gasteiger partial charge in [0.05, 0.1) is 6.61 Å². The van der Waals surface area contributed by atoms with Gasteiger partial charge in [0, 0.05) is 12.5 Å². The maximum atomic E-state index is 15.2. The lowest BCUT2D eigenvalue weighted by atomic mass is 9.97. The van der Waals surface area contributed by atoms with E-state index in [-0.39, 0.29) is 18.1 Å². The molecule has 0 aliphatic heterocycles. The van der Waals surface area contributed by atoms with Crippen molar-refractivity contribution in [2.24, 2.45) is 0 Å². The number of fused-ring (bicyclic) bond motifs is 1. The molecule has 0 aliphatic carbocycles. The molecule has 0 amide bonds. The molecule has 4 aromatic carbocycles. The van der Waals surface area contributed by atoms with Gasteiger partial charge in [0.1, 0.15) is 11.6 Å². The molecular formula is C31H28F6O2. The van der Waals surface area contributed by atoms with Crippen molar-refractivity contribution < 1.29 is 35.8 Å². The van der Waals surface area contributed by atoms with Crippen LogP contribution in [-0.2, 0) is 36.8 Å². The summed E-state index contributed by atoms with van der Waals surface area (Å²) in [5, 5.41) is 1.17. The fourth-order valence-electron chi connectivity index (χ4n) is 4.44. The predicted octanol–water partition coefficient (Wildman–Crippen LogP) is 7.96. The number of ether oxygens (including phenoxy) is 2. The summed E-state index contributed by atoms with van der Waals surface area (Å²) < 4.78 is 90.3. The zero-order chi connectivity index (χ0) is 28.0. The molecule has 2 nitrogen and oxygen atoms in total.